The van der Waals surface area contributed by atoms with Gasteiger partial charge < -0.3 is 20.5 Å². The van der Waals surface area contributed by atoms with Crippen molar-refractivity contribution in [2.24, 2.45) is 7.05 Å². The number of aromatic nitrogens is 4. The highest BCUT2D eigenvalue weighted by Crippen LogP contribution is 2.28. The Hall–Kier alpha value is -2.87. The maximum Gasteiger partial charge on any atom is 0.231 e. The van der Waals surface area contributed by atoms with E-state index in [-0.39, 0.29) is 6.61 Å². The minimum Gasteiger partial charge on any atom is -0.495 e. The fourth-order valence-electron chi connectivity index (χ4n) is 2.26. The number of benzene rings is 1. The molecule has 3 N–H and O–H groups in total. The fourth-order valence-corrected chi connectivity index (χ4v) is 2.26. The van der Waals surface area contributed by atoms with Gasteiger partial charge in [0.25, 0.3) is 0 Å². The Bertz CT molecular complexity index is 817. The van der Waals surface area contributed by atoms with Gasteiger partial charge in [-0.05, 0) is 12.1 Å². The van der Waals surface area contributed by atoms with Crippen LogP contribution in [0.1, 0.15) is 0 Å². The number of hydrogen-bond donors (Lipinski definition) is 3. The van der Waals surface area contributed by atoms with Gasteiger partial charge >= 0.3 is 0 Å². The van der Waals surface area contributed by atoms with Gasteiger partial charge in [0.05, 0.1) is 31.0 Å². The van der Waals surface area contributed by atoms with Crippen molar-refractivity contribution >= 4 is 28.5 Å². The van der Waals surface area contributed by atoms with E-state index in [4.69, 9.17) is 9.84 Å². The van der Waals surface area contributed by atoms with Crippen LogP contribution in [0.25, 0.3) is 11.0 Å². The van der Waals surface area contributed by atoms with Gasteiger partial charge in [-0.2, -0.15) is 15.1 Å². The number of fused-ring (bicyclic) bond motifs is 1. The van der Waals surface area contributed by atoms with Crippen molar-refractivity contribution in [3.63, 3.8) is 0 Å². The predicted octanol–water partition coefficient (Wildman–Crippen LogP) is 1.52. The van der Waals surface area contributed by atoms with Gasteiger partial charge in [0.2, 0.25) is 5.95 Å². The van der Waals surface area contributed by atoms with Crippen LogP contribution in [0.15, 0.2) is 30.5 Å². The summed E-state index contributed by atoms with van der Waals surface area (Å²) >= 11 is 0. The molecule has 0 atom stereocenters. The highest BCUT2D eigenvalue weighted by molar-refractivity contribution is 5.87. The Morgan fingerprint density at radius 1 is 1.26 bits per heavy atom. The molecule has 120 valence electrons. The van der Waals surface area contributed by atoms with Gasteiger partial charge in [0.1, 0.15) is 11.6 Å². The zero-order valence-electron chi connectivity index (χ0n) is 12.9. The second-order valence-corrected chi connectivity index (χ2v) is 4.88. The van der Waals surface area contributed by atoms with Gasteiger partial charge in [-0.15, -0.1) is 0 Å². The Balaban J connectivity index is 2.01. The second kappa shape index (κ2) is 6.49. The Morgan fingerprint density at radius 3 is 2.87 bits per heavy atom. The molecule has 2 heterocycles. The standard InChI is InChI=1S/C15H18N6O2/c1-21-14-10(9-17-21)13(16-7-8-22)19-15(20-14)18-11-5-3-4-6-12(11)23-2/h3-6,9,22H,7-8H2,1-2H3,(H2,16,18,19,20). The number of methoxy groups -OCH3 is 1. The van der Waals surface area contributed by atoms with Crippen molar-refractivity contribution in [2.45, 2.75) is 0 Å². The fraction of sp³-hybridized carbons (Fsp3) is 0.267. The van der Waals surface area contributed by atoms with E-state index in [1.54, 1.807) is 18.0 Å². The summed E-state index contributed by atoms with van der Waals surface area (Å²) in [4.78, 5) is 8.96. The molecular formula is C15H18N6O2. The number of hydrogen-bond acceptors (Lipinski definition) is 7. The number of aliphatic hydroxyl groups excluding tert-OH is 1. The molecule has 0 radical (unpaired) electrons. The minimum absolute atomic E-state index is 0.0149. The largest absolute Gasteiger partial charge is 0.495 e. The lowest BCUT2D eigenvalue weighted by Crippen LogP contribution is -2.09. The Kier molecular flexibility index (Phi) is 4.24. The van der Waals surface area contributed by atoms with Crippen molar-refractivity contribution in [3.05, 3.63) is 30.5 Å². The first kappa shape index (κ1) is 15.0. The molecule has 0 aliphatic heterocycles. The number of aryl methyl sites for hydroxylation is 1. The second-order valence-electron chi connectivity index (χ2n) is 4.88. The van der Waals surface area contributed by atoms with Crippen LogP contribution < -0.4 is 15.4 Å². The van der Waals surface area contributed by atoms with E-state index in [9.17, 15) is 0 Å². The van der Waals surface area contributed by atoms with Gasteiger partial charge in [0.15, 0.2) is 5.65 Å². The molecule has 0 amide bonds. The number of nitrogens with zero attached hydrogens (tertiary/aromatic N) is 4. The van der Waals surface area contributed by atoms with E-state index in [2.05, 4.69) is 25.7 Å². The van der Waals surface area contributed by atoms with Crippen LogP contribution in [0.5, 0.6) is 5.75 Å². The molecule has 2 aromatic heterocycles. The van der Waals surface area contributed by atoms with E-state index in [1.807, 2.05) is 31.3 Å². The van der Waals surface area contributed by atoms with E-state index in [0.717, 1.165) is 11.1 Å². The van der Waals surface area contributed by atoms with Crippen LogP contribution in [0, 0.1) is 0 Å². The van der Waals surface area contributed by atoms with E-state index < -0.39 is 0 Å². The van der Waals surface area contributed by atoms with Crippen LogP contribution in [0.4, 0.5) is 17.5 Å². The molecule has 0 saturated carbocycles. The maximum atomic E-state index is 9.02. The highest BCUT2D eigenvalue weighted by atomic mass is 16.5. The molecule has 0 unspecified atom stereocenters. The molecule has 23 heavy (non-hydrogen) atoms. The summed E-state index contributed by atoms with van der Waals surface area (Å²) in [5.41, 5.74) is 1.46. The average molecular weight is 314 g/mol. The topological polar surface area (TPSA) is 97.1 Å². The molecule has 0 saturated heterocycles. The van der Waals surface area contributed by atoms with E-state index in [1.165, 1.54) is 0 Å². The summed E-state index contributed by atoms with van der Waals surface area (Å²) in [6.45, 7) is 0.413. The highest BCUT2D eigenvalue weighted by Gasteiger charge is 2.12. The minimum atomic E-state index is 0.0149. The molecule has 8 heteroatoms. The van der Waals surface area contributed by atoms with Crippen molar-refractivity contribution in [3.8, 4) is 5.75 Å². The van der Waals surface area contributed by atoms with Gasteiger partial charge in [0, 0.05) is 13.6 Å². The van der Waals surface area contributed by atoms with Gasteiger partial charge in [-0.3, -0.25) is 4.68 Å². The van der Waals surface area contributed by atoms with Crippen LogP contribution >= 0.6 is 0 Å². The molecule has 0 fully saturated rings. The first-order chi connectivity index (χ1) is 11.2. The summed E-state index contributed by atoms with van der Waals surface area (Å²) in [5, 5.41) is 20.3. The summed E-state index contributed by atoms with van der Waals surface area (Å²) < 4.78 is 7.00. The zero-order chi connectivity index (χ0) is 16.2. The first-order valence-corrected chi connectivity index (χ1v) is 7.17. The zero-order valence-corrected chi connectivity index (χ0v) is 12.9. The lowest BCUT2D eigenvalue weighted by molar-refractivity contribution is 0.311. The quantitative estimate of drug-likeness (QED) is 0.634. The van der Waals surface area contributed by atoms with Crippen LogP contribution in [0.3, 0.4) is 0 Å². The van der Waals surface area contributed by atoms with E-state index in [0.29, 0.717) is 29.7 Å². The van der Waals surface area contributed by atoms with Crippen LogP contribution in [0.2, 0.25) is 0 Å². The van der Waals surface area contributed by atoms with Gasteiger partial charge in [-0.1, -0.05) is 12.1 Å². The summed E-state index contributed by atoms with van der Waals surface area (Å²) in [5.74, 6) is 1.74. The molecule has 0 aliphatic rings. The van der Waals surface area contributed by atoms with Crippen molar-refractivity contribution in [1.82, 2.24) is 19.7 Å². The normalized spacial score (nSPS) is 10.7. The molecular weight excluding hydrogens is 296 g/mol. The van der Waals surface area contributed by atoms with Crippen LogP contribution in [-0.2, 0) is 7.05 Å². The molecule has 3 rings (SSSR count). The smallest absolute Gasteiger partial charge is 0.231 e. The number of anilines is 3. The van der Waals surface area contributed by atoms with Crippen molar-refractivity contribution in [2.75, 3.05) is 30.9 Å². The predicted molar refractivity (Wildman–Crippen MR) is 88.2 cm³/mol. The number of aliphatic hydroxyl groups is 1. The molecule has 3 aromatic rings. The SMILES string of the molecule is COc1ccccc1Nc1nc(NCCO)c2cnn(C)c2n1. The third kappa shape index (κ3) is 3.02. The summed E-state index contributed by atoms with van der Waals surface area (Å²) in [6, 6.07) is 7.54. The van der Waals surface area contributed by atoms with E-state index >= 15 is 0 Å². The first-order valence-electron chi connectivity index (χ1n) is 7.17. The lowest BCUT2D eigenvalue weighted by atomic mass is 10.3. The van der Waals surface area contributed by atoms with Crippen molar-refractivity contribution < 1.29 is 9.84 Å². The summed E-state index contributed by atoms with van der Waals surface area (Å²) in [6.07, 6.45) is 1.70. The number of rotatable bonds is 6. The van der Waals surface area contributed by atoms with Crippen molar-refractivity contribution in [1.29, 1.82) is 0 Å². The lowest BCUT2D eigenvalue weighted by Gasteiger charge is -2.11. The Morgan fingerprint density at radius 2 is 2.09 bits per heavy atom. The van der Waals surface area contributed by atoms with Gasteiger partial charge in [-0.25, -0.2) is 0 Å². The van der Waals surface area contributed by atoms with Crippen LogP contribution in [-0.4, -0.2) is 45.1 Å². The third-order valence-corrected chi connectivity index (χ3v) is 3.35. The molecule has 1 aromatic carbocycles. The molecule has 0 aliphatic carbocycles. The third-order valence-electron chi connectivity index (χ3n) is 3.35. The average Bonchev–Trinajstić information content (AvgIpc) is 2.94. The molecule has 0 bridgehead atoms. The maximum absolute atomic E-state index is 9.02. The number of ether oxygens (including phenoxy) is 1. The number of nitrogens with one attached hydrogen (secondary N) is 2. The molecule has 0 spiro atoms. The molecule has 8 nitrogen and oxygen atoms in total. The monoisotopic (exact) mass is 314 g/mol. The summed E-state index contributed by atoms with van der Waals surface area (Å²) in [7, 11) is 3.43. The Labute approximate surface area is 133 Å². The number of para-hydroxylation sites is 2.